The van der Waals surface area contributed by atoms with E-state index < -0.39 is 0 Å². The van der Waals surface area contributed by atoms with Crippen LogP contribution in [0.5, 0.6) is 0 Å². The summed E-state index contributed by atoms with van der Waals surface area (Å²) in [5.74, 6) is -0.204. The molecule has 1 aromatic carbocycles. The maximum Gasteiger partial charge on any atom is 0.248 e. The van der Waals surface area contributed by atoms with E-state index in [-0.39, 0.29) is 18.6 Å². The molecular weight excluding hydrogens is 286 g/mol. The van der Waals surface area contributed by atoms with E-state index in [2.05, 4.69) is 21.0 Å². The summed E-state index contributed by atoms with van der Waals surface area (Å²) in [6.07, 6.45) is 4.32. The molecule has 22 heavy (non-hydrogen) atoms. The van der Waals surface area contributed by atoms with Crippen molar-refractivity contribution in [2.45, 2.75) is 32.0 Å². The number of rotatable bonds is 5. The second kappa shape index (κ2) is 7.10. The molecule has 0 spiro atoms. The lowest BCUT2D eigenvalue weighted by molar-refractivity contribution is -0.200. The maximum absolute atomic E-state index is 11.8. The zero-order valence-corrected chi connectivity index (χ0v) is 12.0. The first kappa shape index (κ1) is 14.6. The van der Waals surface area contributed by atoms with Crippen molar-refractivity contribution in [2.24, 2.45) is 0 Å². The Kier molecular flexibility index (Phi) is 4.71. The fraction of sp³-hybridized carbons (Fsp3) is 0.429. The number of nitrogens with zero attached hydrogens (tertiary/aromatic N) is 4. The summed E-state index contributed by atoms with van der Waals surface area (Å²) < 4.78 is 6.93. The highest BCUT2D eigenvalue weighted by molar-refractivity contribution is 5.77. The second-order valence-electron chi connectivity index (χ2n) is 5.04. The zero-order valence-electron chi connectivity index (χ0n) is 12.0. The summed E-state index contributed by atoms with van der Waals surface area (Å²) in [6.45, 7) is 0.680. The van der Waals surface area contributed by atoms with Gasteiger partial charge < -0.3 is 4.74 Å². The fourth-order valence-electron chi connectivity index (χ4n) is 2.20. The Morgan fingerprint density at radius 2 is 2.23 bits per heavy atom. The molecule has 0 bridgehead atoms. The molecule has 0 radical (unpaired) electrons. The Balaban J connectivity index is 1.48. The lowest BCUT2D eigenvalue weighted by Gasteiger charge is -2.22. The minimum absolute atomic E-state index is 0.204. The second-order valence-corrected chi connectivity index (χ2v) is 5.04. The average Bonchev–Trinajstić information content (AvgIpc) is 3.09. The highest BCUT2D eigenvalue weighted by atomic mass is 16.8. The van der Waals surface area contributed by atoms with Crippen LogP contribution in [0, 0.1) is 0 Å². The van der Waals surface area contributed by atoms with Gasteiger partial charge in [0.25, 0.3) is 0 Å². The van der Waals surface area contributed by atoms with Crippen molar-refractivity contribution >= 4 is 5.91 Å². The minimum Gasteiger partial charge on any atom is -0.350 e. The van der Waals surface area contributed by atoms with E-state index in [1.807, 2.05) is 24.3 Å². The molecule has 1 aliphatic rings. The Hall–Kier alpha value is -2.32. The van der Waals surface area contributed by atoms with Crippen LogP contribution >= 0.6 is 0 Å². The minimum atomic E-state index is -0.333. The summed E-state index contributed by atoms with van der Waals surface area (Å²) in [6, 6.07) is 7.41. The third kappa shape index (κ3) is 3.86. The SMILES string of the molecule is O=C(Cc1ccc(-n2cnnn2)cc1)NO[C@@H]1CCCCO1. The van der Waals surface area contributed by atoms with Gasteiger partial charge in [0.05, 0.1) is 12.1 Å². The number of aromatic nitrogens is 4. The first-order valence-electron chi connectivity index (χ1n) is 7.20. The van der Waals surface area contributed by atoms with E-state index in [0.717, 1.165) is 30.5 Å². The number of tetrazole rings is 1. The maximum atomic E-state index is 11.8. The van der Waals surface area contributed by atoms with E-state index >= 15 is 0 Å². The van der Waals surface area contributed by atoms with Gasteiger partial charge in [-0.15, -0.1) is 5.10 Å². The molecule has 1 N–H and O–H groups in total. The third-order valence-corrected chi connectivity index (χ3v) is 3.36. The number of ether oxygens (including phenoxy) is 1. The Bertz CT molecular complexity index is 593. The summed E-state index contributed by atoms with van der Waals surface area (Å²) in [7, 11) is 0. The predicted octanol–water partition coefficient (Wildman–Crippen LogP) is 0.779. The molecule has 1 fully saturated rings. The molecule has 8 nitrogen and oxygen atoms in total. The van der Waals surface area contributed by atoms with Crippen LogP contribution in [0.2, 0.25) is 0 Å². The van der Waals surface area contributed by atoms with Crippen molar-refractivity contribution in [2.75, 3.05) is 6.61 Å². The molecular formula is C14H17N5O3. The van der Waals surface area contributed by atoms with Gasteiger partial charge >= 0.3 is 0 Å². The monoisotopic (exact) mass is 303 g/mol. The number of hydrogen-bond acceptors (Lipinski definition) is 6. The molecule has 0 aliphatic carbocycles. The van der Waals surface area contributed by atoms with Crippen LogP contribution in [-0.2, 0) is 20.8 Å². The summed E-state index contributed by atoms with van der Waals surface area (Å²) >= 11 is 0. The van der Waals surface area contributed by atoms with E-state index in [1.165, 1.54) is 6.33 Å². The zero-order chi connectivity index (χ0) is 15.2. The number of hydrogen-bond donors (Lipinski definition) is 1. The summed E-state index contributed by atoms with van der Waals surface area (Å²) in [5.41, 5.74) is 4.15. The molecule has 116 valence electrons. The molecule has 1 atom stereocenters. The van der Waals surface area contributed by atoms with Crippen molar-refractivity contribution in [1.82, 2.24) is 25.7 Å². The Labute approximate surface area is 127 Å². The number of carbonyl (C=O) groups is 1. The molecule has 0 saturated carbocycles. The van der Waals surface area contributed by atoms with Crippen LogP contribution in [-0.4, -0.2) is 39.0 Å². The van der Waals surface area contributed by atoms with Crippen LogP contribution in [0.15, 0.2) is 30.6 Å². The van der Waals surface area contributed by atoms with Crippen LogP contribution in [0.25, 0.3) is 5.69 Å². The highest BCUT2D eigenvalue weighted by Crippen LogP contribution is 2.13. The van der Waals surface area contributed by atoms with Gasteiger partial charge in [-0.3, -0.25) is 4.79 Å². The number of benzene rings is 1. The highest BCUT2D eigenvalue weighted by Gasteiger charge is 2.15. The van der Waals surface area contributed by atoms with Crippen molar-refractivity contribution in [3.63, 3.8) is 0 Å². The molecule has 2 aromatic rings. The quantitative estimate of drug-likeness (QED) is 0.821. The topological polar surface area (TPSA) is 91.2 Å². The number of carbonyl (C=O) groups excluding carboxylic acids is 1. The van der Waals surface area contributed by atoms with Crippen LogP contribution in [0.3, 0.4) is 0 Å². The van der Waals surface area contributed by atoms with Gasteiger partial charge in [0.1, 0.15) is 6.33 Å². The van der Waals surface area contributed by atoms with E-state index in [9.17, 15) is 4.79 Å². The first-order valence-corrected chi connectivity index (χ1v) is 7.20. The van der Waals surface area contributed by atoms with Gasteiger partial charge in [0, 0.05) is 13.0 Å². The van der Waals surface area contributed by atoms with Gasteiger partial charge in [-0.05, 0) is 41.0 Å². The van der Waals surface area contributed by atoms with Crippen LogP contribution < -0.4 is 5.48 Å². The Morgan fingerprint density at radius 1 is 1.36 bits per heavy atom. The van der Waals surface area contributed by atoms with E-state index in [1.54, 1.807) is 4.68 Å². The van der Waals surface area contributed by atoms with E-state index in [4.69, 9.17) is 9.57 Å². The predicted molar refractivity (Wildman–Crippen MR) is 75.7 cm³/mol. The molecule has 2 heterocycles. The first-order chi connectivity index (χ1) is 10.8. The summed E-state index contributed by atoms with van der Waals surface area (Å²) in [4.78, 5) is 17.1. The number of amides is 1. The van der Waals surface area contributed by atoms with Crippen molar-refractivity contribution in [1.29, 1.82) is 0 Å². The molecule has 0 unspecified atom stereocenters. The van der Waals surface area contributed by atoms with Gasteiger partial charge in [-0.25, -0.2) is 15.0 Å². The third-order valence-electron chi connectivity index (χ3n) is 3.36. The van der Waals surface area contributed by atoms with Gasteiger partial charge in [0.15, 0.2) is 6.29 Å². The lowest BCUT2D eigenvalue weighted by Crippen LogP contribution is -2.33. The normalized spacial score (nSPS) is 18.1. The Morgan fingerprint density at radius 3 is 2.91 bits per heavy atom. The number of hydroxylamine groups is 1. The van der Waals surface area contributed by atoms with Gasteiger partial charge in [-0.1, -0.05) is 12.1 Å². The molecule has 3 rings (SSSR count). The molecule has 1 aliphatic heterocycles. The standard InChI is InChI=1S/C14H17N5O3/c20-13(16-22-14-3-1-2-8-21-14)9-11-4-6-12(7-5-11)19-10-15-17-18-19/h4-7,10,14H,1-3,8-9H2,(H,16,20)/t14-/m1/s1. The van der Waals surface area contributed by atoms with Crippen molar-refractivity contribution in [3.05, 3.63) is 36.2 Å². The van der Waals surface area contributed by atoms with Gasteiger partial charge in [0.2, 0.25) is 5.91 Å². The van der Waals surface area contributed by atoms with Crippen molar-refractivity contribution < 1.29 is 14.4 Å². The molecule has 8 heteroatoms. The molecule has 1 saturated heterocycles. The average molecular weight is 303 g/mol. The van der Waals surface area contributed by atoms with Crippen molar-refractivity contribution in [3.8, 4) is 5.69 Å². The fourth-order valence-corrected chi connectivity index (χ4v) is 2.20. The molecule has 1 aromatic heterocycles. The lowest BCUT2D eigenvalue weighted by atomic mass is 10.1. The summed E-state index contributed by atoms with van der Waals surface area (Å²) in [5, 5.41) is 11.0. The number of nitrogens with one attached hydrogen (secondary N) is 1. The van der Waals surface area contributed by atoms with Crippen LogP contribution in [0.4, 0.5) is 0 Å². The molecule has 1 amide bonds. The van der Waals surface area contributed by atoms with E-state index in [0.29, 0.717) is 6.61 Å². The van der Waals surface area contributed by atoms with Crippen LogP contribution in [0.1, 0.15) is 24.8 Å². The largest absolute Gasteiger partial charge is 0.350 e. The smallest absolute Gasteiger partial charge is 0.248 e. The van der Waals surface area contributed by atoms with Gasteiger partial charge in [-0.2, -0.15) is 0 Å².